The third-order valence-electron chi connectivity index (χ3n) is 5.77. The van der Waals surface area contributed by atoms with Gasteiger partial charge in [0, 0.05) is 31.7 Å². The lowest BCUT2D eigenvalue weighted by atomic mass is 10.0. The summed E-state index contributed by atoms with van der Waals surface area (Å²) in [5.41, 5.74) is 1.58. The maximum Gasteiger partial charge on any atom is 0.254 e. The number of carbonyl (C=O) groups excluding carboxylic acids is 2. The normalized spacial score (nSPS) is 13.9. The predicted molar refractivity (Wildman–Crippen MR) is 120 cm³/mol. The van der Waals surface area contributed by atoms with Crippen molar-refractivity contribution < 1.29 is 19.1 Å². The van der Waals surface area contributed by atoms with Gasteiger partial charge in [0.1, 0.15) is 0 Å². The highest BCUT2D eigenvalue weighted by Crippen LogP contribution is 2.28. The molecule has 1 aliphatic heterocycles. The van der Waals surface area contributed by atoms with E-state index < -0.39 is 0 Å². The summed E-state index contributed by atoms with van der Waals surface area (Å²) in [6.07, 6.45) is 0.366. The number of fused-ring (bicyclic) bond motifs is 1. The van der Waals surface area contributed by atoms with E-state index in [9.17, 15) is 9.59 Å². The van der Waals surface area contributed by atoms with Gasteiger partial charge in [-0.3, -0.25) is 9.59 Å². The standard InChI is InChI=1S/C25H26N2O4/c1-30-22-11-10-20(16-23(22)31-2)25(29)27-14-12-26(13-15-27)24(28)17-19-8-5-7-18-6-3-4-9-21(18)19/h3-11,16H,12-15,17H2,1-2H3. The molecule has 0 saturated carbocycles. The van der Waals surface area contributed by atoms with Crippen molar-refractivity contribution in [2.75, 3.05) is 40.4 Å². The van der Waals surface area contributed by atoms with Crippen LogP contribution in [0.4, 0.5) is 0 Å². The van der Waals surface area contributed by atoms with E-state index in [1.165, 1.54) is 0 Å². The van der Waals surface area contributed by atoms with Gasteiger partial charge in [0.15, 0.2) is 11.5 Å². The van der Waals surface area contributed by atoms with Crippen LogP contribution in [0.15, 0.2) is 60.7 Å². The number of carbonyl (C=O) groups is 2. The van der Waals surface area contributed by atoms with Gasteiger partial charge in [-0.05, 0) is 34.5 Å². The van der Waals surface area contributed by atoms with E-state index >= 15 is 0 Å². The number of hydrogen-bond donors (Lipinski definition) is 0. The van der Waals surface area contributed by atoms with Gasteiger partial charge in [-0.25, -0.2) is 0 Å². The molecule has 0 radical (unpaired) electrons. The van der Waals surface area contributed by atoms with Crippen LogP contribution in [-0.2, 0) is 11.2 Å². The zero-order valence-corrected chi connectivity index (χ0v) is 17.8. The SMILES string of the molecule is COc1ccc(C(=O)N2CCN(C(=O)Cc3cccc4ccccc34)CC2)cc1OC. The molecule has 0 aromatic heterocycles. The van der Waals surface area contributed by atoms with Gasteiger partial charge in [0.25, 0.3) is 5.91 Å². The molecule has 0 aliphatic carbocycles. The second-order valence-electron chi connectivity index (χ2n) is 7.56. The molecule has 1 aliphatic rings. The molecule has 0 atom stereocenters. The van der Waals surface area contributed by atoms with E-state index in [-0.39, 0.29) is 11.8 Å². The van der Waals surface area contributed by atoms with Crippen molar-refractivity contribution >= 4 is 22.6 Å². The smallest absolute Gasteiger partial charge is 0.254 e. The predicted octanol–water partition coefficient (Wildman–Crippen LogP) is 3.38. The average molecular weight is 418 g/mol. The van der Waals surface area contributed by atoms with Crippen molar-refractivity contribution in [2.45, 2.75) is 6.42 Å². The molecule has 1 saturated heterocycles. The van der Waals surface area contributed by atoms with Gasteiger partial charge >= 0.3 is 0 Å². The van der Waals surface area contributed by atoms with Gasteiger partial charge in [-0.1, -0.05) is 42.5 Å². The highest BCUT2D eigenvalue weighted by atomic mass is 16.5. The number of nitrogens with zero attached hydrogens (tertiary/aromatic N) is 2. The molecule has 0 bridgehead atoms. The molecule has 6 nitrogen and oxygen atoms in total. The minimum atomic E-state index is -0.0675. The highest BCUT2D eigenvalue weighted by Gasteiger charge is 2.25. The molecule has 0 spiro atoms. The van der Waals surface area contributed by atoms with Crippen LogP contribution in [0, 0.1) is 0 Å². The molecule has 0 unspecified atom stereocenters. The Morgan fingerprint density at radius 1 is 0.806 bits per heavy atom. The van der Waals surface area contributed by atoms with Crippen LogP contribution in [0.1, 0.15) is 15.9 Å². The lowest BCUT2D eigenvalue weighted by Gasteiger charge is -2.35. The Bertz CT molecular complexity index is 1100. The third-order valence-corrected chi connectivity index (χ3v) is 5.77. The van der Waals surface area contributed by atoms with Crippen LogP contribution in [-0.4, -0.2) is 62.0 Å². The zero-order valence-electron chi connectivity index (χ0n) is 17.8. The quantitative estimate of drug-likeness (QED) is 0.637. The first-order valence-electron chi connectivity index (χ1n) is 10.4. The van der Waals surface area contributed by atoms with Crippen LogP contribution in [0.3, 0.4) is 0 Å². The number of amides is 2. The van der Waals surface area contributed by atoms with Crippen molar-refractivity contribution in [3.05, 3.63) is 71.8 Å². The Hall–Kier alpha value is -3.54. The van der Waals surface area contributed by atoms with Gasteiger partial charge < -0.3 is 19.3 Å². The molecule has 4 rings (SSSR count). The molecule has 3 aromatic rings. The monoisotopic (exact) mass is 418 g/mol. The fourth-order valence-corrected chi connectivity index (χ4v) is 4.03. The number of hydrogen-bond acceptors (Lipinski definition) is 4. The van der Waals surface area contributed by atoms with Crippen molar-refractivity contribution in [1.82, 2.24) is 9.80 Å². The third kappa shape index (κ3) is 4.33. The lowest BCUT2D eigenvalue weighted by molar-refractivity contribution is -0.131. The fraction of sp³-hybridized carbons (Fsp3) is 0.280. The minimum absolute atomic E-state index is 0.0675. The van der Waals surface area contributed by atoms with Crippen LogP contribution in [0.25, 0.3) is 10.8 Å². The summed E-state index contributed by atoms with van der Waals surface area (Å²) in [5.74, 6) is 1.14. The molecule has 3 aromatic carbocycles. The summed E-state index contributed by atoms with van der Waals surface area (Å²) in [7, 11) is 3.11. The Morgan fingerprint density at radius 3 is 2.23 bits per heavy atom. The van der Waals surface area contributed by atoms with Gasteiger partial charge in [0.2, 0.25) is 5.91 Å². The molecule has 1 fully saturated rings. The topological polar surface area (TPSA) is 59.1 Å². The Morgan fingerprint density at radius 2 is 1.48 bits per heavy atom. The van der Waals surface area contributed by atoms with Gasteiger partial charge in [-0.2, -0.15) is 0 Å². The van der Waals surface area contributed by atoms with Gasteiger partial charge in [0.05, 0.1) is 20.6 Å². The first-order valence-corrected chi connectivity index (χ1v) is 10.4. The molecule has 2 amide bonds. The molecule has 31 heavy (non-hydrogen) atoms. The van der Waals surface area contributed by atoms with E-state index in [0.717, 1.165) is 16.3 Å². The van der Waals surface area contributed by atoms with E-state index in [1.807, 2.05) is 29.2 Å². The lowest BCUT2D eigenvalue weighted by Crippen LogP contribution is -2.51. The Kier molecular flexibility index (Phi) is 6.07. The first-order chi connectivity index (χ1) is 15.1. The first kappa shape index (κ1) is 20.7. The summed E-state index contributed by atoms with van der Waals surface area (Å²) in [6, 6.07) is 19.3. The van der Waals surface area contributed by atoms with Crippen molar-refractivity contribution in [1.29, 1.82) is 0 Å². The summed E-state index contributed by atoms with van der Waals surface area (Å²) in [6.45, 7) is 2.08. The molecule has 6 heteroatoms. The van der Waals surface area contributed by atoms with Crippen LogP contribution < -0.4 is 9.47 Å². The van der Waals surface area contributed by atoms with Crippen molar-refractivity contribution in [2.24, 2.45) is 0 Å². The second kappa shape index (κ2) is 9.08. The molecule has 160 valence electrons. The van der Waals surface area contributed by atoms with Gasteiger partial charge in [-0.15, -0.1) is 0 Å². The minimum Gasteiger partial charge on any atom is -0.493 e. The number of benzene rings is 3. The zero-order chi connectivity index (χ0) is 21.8. The average Bonchev–Trinajstić information content (AvgIpc) is 2.83. The van der Waals surface area contributed by atoms with Crippen molar-refractivity contribution in [3.8, 4) is 11.5 Å². The van der Waals surface area contributed by atoms with E-state index in [2.05, 4.69) is 18.2 Å². The summed E-state index contributed by atoms with van der Waals surface area (Å²) in [4.78, 5) is 29.4. The molecular formula is C25H26N2O4. The van der Waals surface area contributed by atoms with E-state index in [0.29, 0.717) is 49.7 Å². The Balaban J connectivity index is 1.39. The number of ether oxygens (including phenoxy) is 2. The van der Waals surface area contributed by atoms with Crippen molar-refractivity contribution in [3.63, 3.8) is 0 Å². The Labute approximate surface area is 182 Å². The molecule has 0 N–H and O–H groups in total. The summed E-state index contributed by atoms with van der Waals surface area (Å²) in [5, 5.41) is 2.25. The largest absolute Gasteiger partial charge is 0.493 e. The maximum absolute atomic E-state index is 12.9. The maximum atomic E-state index is 12.9. The summed E-state index contributed by atoms with van der Waals surface area (Å²) < 4.78 is 10.5. The molecular weight excluding hydrogens is 392 g/mol. The highest BCUT2D eigenvalue weighted by molar-refractivity contribution is 5.95. The van der Waals surface area contributed by atoms with E-state index in [4.69, 9.17) is 9.47 Å². The van der Waals surface area contributed by atoms with Crippen LogP contribution in [0.5, 0.6) is 11.5 Å². The summed E-state index contributed by atoms with van der Waals surface area (Å²) >= 11 is 0. The van der Waals surface area contributed by atoms with Crippen LogP contribution >= 0.6 is 0 Å². The van der Waals surface area contributed by atoms with E-state index in [1.54, 1.807) is 37.3 Å². The number of methoxy groups -OCH3 is 2. The second-order valence-corrected chi connectivity index (χ2v) is 7.56. The van der Waals surface area contributed by atoms with Crippen LogP contribution in [0.2, 0.25) is 0 Å². The number of piperazine rings is 1. The number of rotatable bonds is 5. The molecule has 1 heterocycles. The fourth-order valence-electron chi connectivity index (χ4n) is 4.03.